The van der Waals surface area contributed by atoms with Gasteiger partial charge < -0.3 is 20.7 Å². The molecule has 0 aromatic heterocycles. The summed E-state index contributed by atoms with van der Waals surface area (Å²) in [7, 11) is 1.64. The van der Waals surface area contributed by atoms with Gasteiger partial charge in [-0.2, -0.15) is 0 Å². The van der Waals surface area contributed by atoms with Gasteiger partial charge in [0.25, 0.3) is 0 Å². The molecule has 7 heteroatoms. The Morgan fingerprint density at radius 2 is 2.00 bits per heavy atom. The normalized spacial score (nSPS) is 10.3. The molecule has 0 bridgehead atoms. The summed E-state index contributed by atoms with van der Waals surface area (Å²) in [5.74, 6) is 0. The first kappa shape index (κ1) is 16.0. The van der Waals surface area contributed by atoms with Crippen LogP contribution in [0.25, 0.3) is 0 Å². The van der Waals surface area contributed by atoms with Gasteiger partial charge in [-0.05, 0) is 18.2 Å². The van der Waals surface area contributed by atoms with Crippen LogP contribution in [0.1, 0.15) is 0 Å². The molecular formula is C12H17Cl2N3O2. The van der Waals surface area contributed by atoms with Crippen molar-refractivity contribution >= 4 is 34.9 Å². The Labute approximate surface area is 122 Å². The number of nitrogens with one attached hydrogen (secondary N) is 3. The smallest absolute Gasteiger partial charge is 0.319 e. The fraction of sp³-hybridized carbons (Fsp3) is 0.417. The molecule has 0 unspecified atom stereocenters. The minimum Gasteiger partial charge on any atom is -0.383 e. The number of methoxy groups -OCH3 is 1. The molecule has 0 fully saturated rings. The van der Waals surface area contributed by atoms with Crippen molar-refractivity contribution in [3.05, 3.63) is 28.2 Å². The zero-order valence-corrected chi connectivity index (χ0v) is 12.1. The third kappa shape index (κ3) is 6.63. The molecule has 19 heavy (non-hydrogen) atoms. The monoisotopic (exact) mass is 305 g/mol. The van der Waals surface area contributed by atoms with Crippen LogP contribution in [-0.2, 0) is 4.74 Å². The van der Waals surface area contributed by atoms with Gasteiger partial charge in [-0.25, -0.2) is 4.79 Å². The van der Waals surface area contributed by atoms with Gasteiger partial charge in [0, 0.05) is 32.4 Å². The number of amides is 2. The first-order valence-electron chi connectivity index (χ1n) is 5.83. The van der Waals surface area contributed by atoms with Crippen LogP contribution in [-0.4, -0.2) is 39.4 Å². The molecular weight excluding hydrogens is 289 g/mol. The topological polar surface area (TPSA) is 62.4 Å². The van der Waals surface area contributed by atoms with E-state index in [4.69, 9.17) is 27.9 Å². The molecule has 1 aromatic rings. The number of halogens is 2. The molecule has 1 rings (SSSR count). The molecule has 0 radical (unpaired) electrons. The van der Waals surface area contributed by atoms with Crippen molar-refractivity contribution in [3.8, 4) is 0 Å². The Hall–Kier alpha value is -1.01. The molecule has 3 N–H and O–H groups in total. The highest BCUT2D eigenvalue weighted by atomic mass is 35.5. The molecule has 106 valence electrons. The maximum Gasteiger partial charge on any atom is 0.319 e. The predicted octanol–water partition coefficient (Wildman–Crippen LogP) is 2.35. The Kier molecular flexibility index (Phi) is 7.59. The quantitative estimate of drug-likeness (QED) is 0.678. The highest BCUT2D eigenvalue weighted by Gasteiger charge is 2.03. The standard InChI is InChI=1S/C12H17Cl2N3O2/c1-19-7-6-15-4-5-16-12(18)17-9-2-3-10(13)11(14)8-9/h2-3,8,15H,4-7H2,1H3,(H2,16,17,18). The number of rotatable bonds is 7. The van der Waals surface area contributed by atoms with E-state index in [2.05, 4.69) is 16.0 Å². The summed E-state index contributed by atoms with van der Waals surface area (Å²) >= 11 is 11.6. The van der Waals surface area contributed by atoms with Gasteiger partial charge in [-0.3, -0.25) is 0 Å². The fourth-order valence-corrected chi connectivity index (χ4v) is 1.61. The highest BCUT2D eigenvalue weighted by Crippen LogP contribution is 2.24. The highest BCUT2D eigenvalue weighted by molar-refractivity contribution is 6.42. The molecule has 0 saturated carbocycles. The van der Waals surface area contributed by atoms with Crippen molar-refractivity contribution in [2.24, 2.45) is 0 Å². The summed E-state index contributed by atoms with van der Waals surface area (Å²) < 4.78 is 4.88. The van der Waals surface area contributed by atoms with Crippen LogP contribution in [0, 0.1) is 0 Å². The lowest BCUT2D eigenvalue weighted by Crippen LogP contribution is -2.35. The SMILES string of the molecule is COCCNCCNC(=O)Nc1ccc(Cl)c(Cl)c1. The van der Waals surface area contributed by atoms with E-state index in [1.807, 2.05) is 0 Å². The van der Waals surface area contributed by atoms with E-state index in [9.17, 15) is 4.79 Å². The molecule has 0 saturated heterocycles. The van der Waals surface area contributed by atoms with Crippen LogP contribution >= 0.6 is 23.2 Å². The van der Waals surface area contributed by atoms with Gasteiger partial charge in [0.15, 0.2) is 0 Å². The first-order chi connectivity index (χ1) is 9.13. The van der Waals surface area contributed by atoms with Crippen molar-refractivity contribution in [2.45, 2.75) is 0 Å². The molecule has 0 spiro atoms. The van der Waals surface area contributed by atoms with Crippen LogP contribution in [0.5, 0.6) is 0 Å². The molecule has 0 atom stereocenters. The third-order valence-corrected chi connectivity index (χ3v) is 2.99. The van der Waals surface area contributed by atoms with Crippen LogP contribution in [0.4, 0.5) is 10.5 Å². The predicted molar refractivity (Wildman–Crippen MR) is 78.2 cm³/mol. The molecule has 5 nitrogen and oxygen atoms in total. The maximum absolute atomic E-state index is 11.5. The Bertz CT molecular complexity index is 416. The first-order valence-corrected chi connectivity index (χ1v) is 6.58. The lowest BCUT2D eigenvalue weighted by Gasteiger charge is -2.09. The summed E-state index contributed by atoms with van der Waals surface area (Å²) in [6.07, 6.45) is 0. The average molecular weight is 306 g/mol. The van der Waals surface area contributed by atoms with E-state index in [0.29, 0.717) is 35.4 Å². The summed E-state index contributed by atoms with van der Waals surface area (Å²) in [5, 5.41) is 9.35. The zero-order valence-electron chi connectivity index (χ0n) is 10.6. The number of anilines is 1. The number of carbonyl (C=O) groups excluding carboxylic acids is 1. The molecule has 0 aliphatic carbocycles. The average Bonchev–Trinajstić information content (AvgIpc) is 2.38. The Morgan fingerprint density at radius 1 is 1.21 bits per heavy atom. The van der Waals surface area contributed by atoms with Crippen LogP contribution in [0.2, 0.25) is 10.0 Å². The van der Waals surface area contributed by atoms with Crippen molar-refractivity contribution in [3.63, 3.8) is 0 Å². The number of hydrogen-bond acceptors (Lipinski definition) is 3. The second kappa shape index (κ2) is 8.98. The van der Waals surface area contributed by atoms with Gasteiger partial charge in [0.1, 0.15) is 0 Å². The minimum atomic E-state index is -0.285. The van der Waals surface area contributed by atoms with Crippen molar-refractivity contribution < 1.29 is 9.53 Å². The largest absolute Gasteiger partial charge is 0.383 e. The van der Waals surface area contributed by atoms with Gasteiger partial charge in [0.2, 0.25) is 0 Å². The molecule has 0 aliphatic rings. The van der Waals surface area contributed by atoms with E-state index < -0.39 is 0 Å². The van der Waals surface area contributed by atoms with Crippen LogP contribution < -0.4 is 16.0 Å². The van der Waals surface area contributed by atoms with Gasteiger partial charge >= 0.3 is 6.03 Å². The summed E-state index contributed by atoms with van der Waals surface area (Å²) in [5.41, 5.74) is 0.597. The number of carbonyl (C=O) groups is 1. The van der Waals surface area contributed by atoms with E-state index in [1.165, 1.54) is 0 Å². The van der Waals surface area contributed by atoms with Gasteiger partial charge in [-0.15, -0.1) is 0 Å². The van der Waals surface area contributed by atoms with Crippen molar-refractivity contribution in [1.82, 2.24) is 10.6 Å². The molecule has 0 aliphatic heterocycles. The number of urea groups is 1. The second-order valence-electron chi connectivity index (χ2n) is 3.75. The number of hydrogen-bond donors (Lipinski definition) is 3. The number of ether oxygens (including phenoxy) is 1. The Morgan fingerprint density at radius 3 is 2.68 bits per heavy atom. The van der Waals surface area contributed by atoms with E-state index >= 15 is 0 Å². The van der Waals surface area contributed by atoms with E-state index in [1.54, 1.807) is 25.3 Å². The van der Waals surface area contributed by atoms with Crippen LogP contribution in [0.3, 0.4) is 0 Å². The molecule has 2 amide bonds. The van der Waals surface area contributed by atoms with Crippen molar-refractivity contribution in [1.29, 1.82) is 0 Å². The zero-order chi connectivity index (χ0) is 14.1. The Balaban J connectivity index is 2.21. The fourth-order valence-electron chi connectivity index (χ4n) is 1.31. The second-order valence-corrected chi connectivity index (χ2v) is 4.57. The summed E-state index contributed by atoms with van der Waals surface area (Å²) in [4.78, 5) is 11.5. The summed E-state index contributed by atoms with van der Waals surface area (Å²) in [6, 6.07) is 4.63. The summed E-state index contributed by atoms with van der Waals surface area (Å²) in [6.45, 7) is 2.61. The molecule has 0 heterocycles. The lowest BCUT2D eigenvalue weighted by atomic mass is 10.3. The van der Waals surface area contributed by atoms with E-state index in [-0.39, 0.29) is 6.03 Å². The van der Waals surface area contributed by atoms with Crippen LogP contribution in [0.15, 0.2) is 18.2 Å². The number of benzene rings is 1. The van der Waals surface area contributed by atoms with Crippen molar-refractivity contribution in [2.75, 3.05) is 38.7 Å². The minimum absolute atomic E-state index is 0.285. The van der Waals surface area contributed by atoms with Gasteiger partial charge in [0.05, 0.1) is 16.7 Å². The molecule has 1 aromatic carbocycles. The lowest BCUT2D eigenvalue weighted by molar-refractivity contribution is 0.199. The van der Waals surface area contributed by atoms with Gasteiger partial charge in [-0.1, -0.05) is 23.2 Å². The maximum atomic E-state index is 11.5. The van der Waals surface area contributed by atoms with E-state index in [0.717, 1.165) is 6.54 Å². The third-order valence-electron chi connectivity index (χ3n) is 2.25.